The predicted octanol–water partition coefficient (Wildman–Crippen LogP) is 2.04. The summed E-state index contributed by atoms with van der Waals surface area (Å²) in [6.07, 6.45) is -5.73. The largest absolute Gasteiger partial charge is 0.495 e. The van der Waals surface area contributed by atoms with Crippen molar-refractivity contribution in [2.45, 2.75) is 24.0 Å². The molecule has 1 aromatic rings. The van der Waals surface area contributed by atoms with Crippen molar-refractivity contribution in [1.29, 1.82) is 0 Å². The third-order valence-electron chi connectivity index (χ3n) is 2.51. The molecule has 0 aliphatic heterocycles. The van der Waals surface area contributed by atoms with E-state index in [1.54, 1.807) is 0 Å². The summed E-state index contributed by atoms with van der Waals surface area (Å²) in [4.78, 5) is -0.347. The second-order valence-corrected chi connectivity index (χ2v) is 6.24. The van der Waals surface area contributed by atoms with Gasteiger partial charge in [0, 0.05) is 23.7 Å². The van der Waals surface area contributed by atoms with Crippen LogP contribution in [-0.2, 0) is 16.6 Å². The van der Waals surface area contributed by atoms with Gasteiger partial charge in [-0.15, -0.1) is 0 Å². The van der Waals surface area contributed by atoms with Crippen LogP contribution in [0.25, 0.3) is 0 Å². The molecule has 21 heavy (non-hydrogen) atoms. The average molecular weight is 347 g/mol. The molecule has 0 heterocycles. The SMILES string of the molecule is COc1c(CN)cc(Cl)cc1S(=O)(=O)NCCC(F)(F)F. The number of halogens is 4. The first-order valence-corrected chi connectivity index (χ1v) is 7.59. The van der Waals surface area contributed by atoms with Crippen LogP contribution >= 0.6 is 11.6 Å². The minimum atomic E-state index is -4.46. The molecule has 3 N–H and O–H groups in total. The van der Waals surface area contributed by atoms with E-state index in [9.17, 15) is 21.6 Å². The van der Waals surface area contributed by atoms with E-state index in [4.69, 9.17) is 22.1 Å². The molecule has 0 unspecified atom stereocenters. The minimum absolute atomic E-state index is 0.0329. The molecule has 10 heteroatoms. The molecule has 1 aromatic carbocycles. The van der Waals surface area contributed by atoms with Crippen molar-refractivity contribution in [3.05, 3.63) is 22.7 Å². The van der Waals surface area contributed by atoms with Gasteiger partial charge in [0.05, 0.1) is 13.5 Å². The highest BCUT2D eigenvalue weighted by Crippen LogP contribution is 2.31. The summed E-state index contributed by atoms with van der Waals surface area (Å²) in [6, 6.07) is 2.52. The maximum Gasteiger partial charge on any atom is 0.390 e. The standard InChI is InChI=1S/C11H14ClF3N2O3S/c1-20-10-7(6-16)4-8(12)5-9(10)21(18,19)17-3-2-11(13,14)15/h4-5,17H,2-3,6,16H2,1H3. The van der Waals surface area contributed by atoms with Crippen LogP contribution in [0.5, 0.6) is 5.75 Å². The maximum absolute atomic E-state index is 12.1. The summed E-state index contributed by atoms with van der Waals surface area (Å²) in [5.74, 6) is -0.0404. The number of ether oxygens (including phenoxy) is 1. The van der Waals surface area contributed by atoms with Gasteiger partial charge in [-0.25, -0.2) is 13.1 Å². The molecule has 120 valence electrons. The first-order chi connectivity index (χ1) is 9.60. The summed E-state index contributed by atoms with van der Waals surface area (Å²) in [7, 11) is -2.96. The quantitative estimate of drug-likeness (QED) is 0.826. The Hall–Kier alpha value is -1.03. The molecule has 0 saturated carbocycles. The van der Waals surface area contributed by atoms with Crippen molar-refractivity contribution in [2.75, 3.05) is 13.7 Å². The molecule has 0 amide bonds. The lowest BCUT2D eigenvalue weighted by Gasteiger charge is -2.15. The number of hydrogen-bond acceptors (Lipinski definition) is 4. The van der Waals surface area contributed by atoms with Crippen molar-refractivity contribution < 1.29 is 26.3 Å². The molecule has 1 rings (SSSR count). The number of nitrogens with two attached hydrogens (primary N) is 1. The van der Waals surface area contributed by atoms with Gasteiger partial charge >= 0.3 is 6.18 Å². The Bertz CT molecular complexity index is 605. The fourth-order valence-electron chi connectivity index (χ4n) is 1.61. The third-order valence-corrected chi connectivity index (χ3v) is 4.20. The van der Waals surface area contributed by atoms with Gasteiger partial charge in [-0.1, -0.05) is 11.6 Å². The lowest BCUT2D eigenvalue weighted by atomic mass is 10.2. The third kappa shape index (κ3) is 5.03. The smallest absolute Gasteiger partial charge is 0.390 e. The van der Waals surface area contributed by atoms with Crippen molar-refractivity contribution >= 4 is 21.6 Å². The highest BCUT2D eigenvalue weighted by atomic mass is 35.5. The molecular weight excluding hydrogens is 333 g/mol. The number of hydrogen-bond donors (Lipinski definition) is 2. The molecule has 0 saturated heterocycles. The number of benzene rings is 1. The van der Waals surface area contributed by atoms with Gasteiger partial charge in [0.1, 0.15) is 10.6 Å². The Morgan fingerprint density at radius 3 is 2.48 bits per heavy atom. The Morgan fingerprint density at radius 1 is 1.38 bits per heavy atom. The van der Waals surface area contributed by atoms with E-state index in [1.807, 2.05) is 4.72 Å². The molecule has 0 radical (unpaired) electrons. The first-order valence-electron chi connectivity index (χ1n) is 5.73. The molecule has 0 spiro atoms. The van der Waals surface area contributed by atoms with Crippen molar-refractivity contribution in [1.82, 2.24) is 4.72 Å². The van der Waals surface area contributed by atoms with E-state index in [2.05, 4.69) is 0 Å². The van der Waals surface area contributed by atoms with Crippen LogP contribution in [-0.4, -0.2) is 28.2 Å². The predicted molar refractivity (Wildman–Crippen MR) is 71.8 cm³/mol. The van der Waals surface area contributed by atoms with Crippen LogP contribution in [0.3, 0.4) is 0 Å². The van der Waals surface area contributed by atoms with E-state index in [0.717, 1.165) is 6.07 Å². The van der Waals surface area contributed by atoms with E-state index in [0.29, 0.717) is 5.56 Å². The zero-order valence-electron chi connectivity index (χ0n) is 11.0. The van der Waals surface area contributed by atoms with Gasteiger partial charge in [-0.2, -0.15) is 13.2 Å². The van der Waals surface area contributed by atoms with Gasteiger partial charge in [-0.3, -0.25) is 0 Å². The normalized spacial score (nSPS) is 12.5. The van der Waals surface area contributed by atoms with Crippen LogP contribution in [0.2, 0.25) is 5.02 Å². The molecular formula is C11H14ClF3N2O3S. The highest BCUT2D eigenvalue weighted by molar-refractivity contribution is 7.89. The van der Waals surface area contributed by atoms with Gasteiger partial charge < -0.3 is 10.5 Å². The number of alkyl halides is 3. The summed E-state index contributed by atoms with van der Waals surface area (Å²) in [6.45, 7) is -0.811. The average Bonchev–Trinajstić information content (AvgIpc) is 2.35. The zero-order valence-corrected chi connectivity index (χ0v) is 12.6. The van der Waals surface area contributed by atoms with Crippen LogP contribution in [0.1, 0.15) is 12.0 Å². The van der Waals surface area contributed by atoms with Crippen LogP contribution in [0.15, 0.2) is 17.0 Å². The topological polar surface area (TPSA) is 81.4 Å². The van der Waals surface area contributed by atoms with Crippen molar-refractivity contribution in [3.8, 4) is 5.75 Å². The molecule has 0 bridgehead atoms. The lowest BCUT2D eigenvalue weighted by molar-refractivity contribution is -0.132. The number of rotatable bonds is 6. The van der Waals surface area contributed by atoms with Gasteiger partial charge in [0.2, 0.25) is 10.0 Å². The molecule has 0 aliphatic rings. The number of sulfonamides is 1. The minimum Gasteiger partial charge on any atom is -0.495 e. The number of nitrogens with one attached hydrogen (secondary N) is 1. The van der Waals surface area contributed by atoms with E-state index in [-0.39, 0.29) is 22.2 Å². The van der Waals surface area contributed by atoms with E-state index >= 15 is 0 Å². The zero-order chi connectivity index (χ0) is 16.3. The Balaban J connectivity index is 3.10. The summed E-state index contributed by atoms with van der Waals surface area (Å²) >= 11 is 5.79. The fourth-order valence-corrected chi connectivity index (χ4v) is 3.18. The second kappa shape index (κ2) is 6.82. The maximum atomic E-state index is 12.1. The van der Waals surface area contributed by atoms with E-state index in [1.165, 1.54) is 13.2 Å². The van der Waals surface area contributed by atoms with Gasteiger partial charge in [-0.05, 0) is 12.1 Å². The molecule has 5 nitrogen and oxygen atoms in total. The lowest BCUT2D eigenvalue weighted by Crippen LogP contribution is -2.28. The summed E-state index contributed by atoms with van der Waals surface area (Å²) < 4.78 is 67.1. The van der Waals surface area contributed by atoms with Gasteiger partial charge in [0.15, 0.2) is 0 Å². The van der Waals surface area contributed by atoms with Gasteiger partial charge in [0.25, 0.3) is 0 Å². The van der Waals surface area contributed by atoms with Crippen LogP contribution < -0.4 is 15.2 Å². The molecule has 0 aromatic heterocycles. The number of methoxy groups -OCH3 is 1. The molecule has 0 aliphatic carbocycles. The van der Waals surface area contributed by atoms with Crippen molar-refractivity contribution in [3.63, 3.8) is 0 Å². The fraction of sp³-hybridized carbons (Fsp3) is 0.455. The monoisotopic (exact) mass is 346 g/mol. The van der Waals surface area contributed by atoms with Crippen LogP contribution in [0.4, 0.5) is 13.2 Å². The van der Waals surface area contributed by atoms with E-state index < -0.39 is 29.2 Å². The Labute approximate surface area is 125 Å². The Morgan fingerprint density at radius 2 is 2.00 bits per heavy atom. The molecule has 0 fully saturated rings. The van der Waals surface area contributed by atoms with Crippen LogP contribution in [0, 0.1) is 0 Å². The summed E-state index contributed by atoms with van der Waals surface area (Å²) in [5.41, 5.74) is 5.80. The van der Waals surface area contributed by atoms with Crippen molar-refractivity contribution in [2.24, 2.45) is 5.73 Å². The Kier molecular flexibility index (Phi) is 5.85. The summed E-state index contributed by atoms with van der Waals surface area (Å²) in [5, 5.41) is 0.0902. The highest BCUT2D eigenvalue weighted by Gasteiger charge is 2.29. The second-order valence-electron chi connectivity index (χ2n) is 4.06. The molecule has 0 atom stereocenters. The first kappa shape index (κ1) is 18.0.